The summed E-state index contributed by atoms with van der Waals surface area (Å²) in [5.41, 5.74) is 7.36. The zero-order valence-corrected chi connectivity index (χ0v) is 14.9. The summed E-state index contributed by atoms with van der Waals surface area (Å²) in [6.45, 7) is 0.299. The van der Waals surface area contributed by atoms with Crippen LogP contribution in [0.25, 0.3) is 22.0 Å². The van der Waals surface area contributed by atoms with Crippen LogP contribution in [0.1, 0.15) is 16.1 Å². The lowest BCUT2D eigenvalue weighted by Gasteiger charge is -2.15. The SMILES string of the molecule is NC(=O)c1ncc2c(cc(-c3ccccc3)c(=O)n2Cc2ccccc2)c1O. The summed E-state index contributed by atoms with van der Waals surface area (Å²) in [6.07, 6.45) is 1.40. The monoisotopic (exact) mass is 371 g/mol. The highest BCUT2D eigenvalue weighted by Crippen LogP contribution is 2.29. The summed E-state index contributed by atoms with van der Waals surface area (Å²) in [4.78, 5) is 28.8. The zero-order valence-electron chi connectivity index (χ0n) is 14.9. The molecule has 0 aliphatic carbocycles. The van der Waals surface area contributed by atoms with Crippen molar-refractivity contribution in [3.05, 3.63) is 94.5 Å². The Bertz CT molecular complexity index is 1230. The maximum absolute atomic E-state index is 13.3. The fourth-order valence-electron chi connectivity index (χ4n) is 3.25. The number of rotatable bonds is 4. The topological polar surface area (TPSA) is 98.2 Å². The molecule has 0 fully saturated rings. The molecule has 2 aromatic heterocycles. The van der Waals surface area contributed by atoms with Crippen LogP contribution in [0.15, 0.2) is 77.7 Å². The number of carbonyl (C=O) groups excluding carboxylic acids is 1. The average molecular weight is 371 g/mol. The average Bonchev–Trinajstić information content (AvgIpc) is 2.71. The molecule has 6 heteroatoms. The first-order chi connectivity index (χ1) is 13.6. The summed E-state index contributed by atoms with van der Waals surface area (Å²) in [5, 5.41) is 10.9. The first kappa shape index (κ1) is 17.5. The molecular formula is C22H17N3O3. The van der Waals surface area contributed by atoms with Crippen LogP contribution in [0.3, 0.4) is 0 Å². The maximum Gasteiger partial charge on any atom is 0.271 e. The van der Waals surface area contributed by atoms with E-state index in [9.17, 15) is 14.7 Å². The van der Waals surface area contributed by atoms with Crippen LogP contribution in [-0.2, 0) is 6.54 Å². The van der Waals surface area contributed by atoms with E-state index in [1.54, 1.807) is 10.6 Å². The van der Waals surface area contributed by atoms with E-state index in [1.165, 1.54) is 6.20 Å². The highest BCUT2D eigenvalue weighted by molar-refractivity contribution is 6.00. The van der Waals surface area contributed by atoms with Crippen LogP contribution in [0, 0.1) is 0 Å². The Balaban J connectivity index is 2.05. The van der Waals surface area contributed by atoms with Crippen molar-refractivity contribution < 1.29 is 9.90 Å². The van der Waals surface area contributed by atoms with Gasteiger partial charge in [-0.2, -0.15) is 0 Å². The van der Waals surface area contributed by atoms with Gasteiger partial charge in [0, 0.05) is 10.9 Å². The van der Waals surface area contributed by atoms with E-state index in [0.29, 0.717) is 28.6 Å². The van der Waals surface area contributed by atoms with E-state index in [2.05, 4.69) is 4.98 Å². The number of hydrogen-bond donors (Lipinski definition) is 2. The number of aromatic nitrogens is 2. The number of amides is 1. The number of carbonyl (C=O) groups is 1. The third-order valence-corrected chi connectivity index (χ3v) is 4.63. The molecule has 0 saturated carbocycles. The first-order valence-corrected chi connectivity index (χ1v) is 8.71. The molecule has 0 atom stereocenters. The second kappa shape index (κ2) is 7.00. The number of nitrogens with two attached hydrogens (primary N) is 1. The van der Waals surface area contributed by atoms with Crippen LogP contribution in [0.2, 0.25) is 0 Å². The van der Waals surface area contributed by atoms with Crippen LogP contribution < -0.4 is 11.3 Å². The third kappa shape index (κ3) is 3.01. The van der Waals surface area contributed by atoms with Gasteiger partial charge in [0.2, 0.25) is 0 Å². The van der Waals surface area contributed by atoms with Gasteiger partial charge in [-0.05, 0) is 17.2 Å². The Labute approximate surface area is 160 Å². The number of primary amides is 1. The lowest BCUT2D eigenvalue weighted by molar-refractivity contribution is 0.0993. The predicted molar refractivity (Wildman–Crippen MR) is 107 cm³/mol. The summed E-state index contributed by atoms with van der Waals surface area (Å²) < 4.78 is 1.55. The number of fused-ring (bicyclic) bond motifs is 1. The Morgan fingerprint density at radius 3 is 2.32 bits per heavy atom. The molecule has 0 bridgehead atoms. The smallest absolute Gasteiger partial charge is 0.271 e. The Hall–Kier alpha value is -3.93. The normalized spacial score (nSPS) is 10.9. The maximum atomic E-state index is 13.3. The van der Waals surface area contributed by atoms with Crippen LogP contribution >= 0.6 is 0 Å². The Morgan fingerprint density at radius 2 is 1.68 bits per heavy atom. The molecule has 0 radical (unpaired) electrons. The van der Waals surface area contributed by atoms with Crippen molar-refractivity contribution in [2.45, 2.75) is 6.54 Å². The second-order valence-electron chi connectivity index (χ2n) is 6.42. The van der Waals surface area contributed by atoms with Gasteiger partial charge in [0.25, 0.3) is 11.5 Å². The number of nitrogens with zero attached hydrogens (tertiary/aromatic N) is 2. The molecule has 28 heavy (non-hydrogen) atoms. The minimum absolute atomic E-state index is 0.212. The molecule has 0 aliphatic rings. The third-order valence-electron chi connectivity index (χ3n) is 4.63. The van der Waals surface area contributed by atoms with E-state index in [-0.39, 0.29) is 17.0 Å². The van der Waals surface area contributed by atoms with Gasteiger partial charge in [-0.15, -0.1) is 0 Å². The van der Waals surface area contributed by atoms with Crippen molar-refractivity contribution in [3.8, 4) is 16.9 Å². The first-order valence-electron chi connectivity index (χ1n) is 8.71. The molecule has 0 unspecified atom stereocenters. The van der Waals surface area contributed by atoms with E-state index >= 15 is 0 Å². The lowest BCUT2D eigenvalue weighted by Crippen LogP contribution is -2.23. The van der Waals surface area contributed by atoms with Crippen molar-refractivity contribution in [1.29, 1.82) is 0 Å². The van der Waals surface area contributed by atoms with Gasteiger partial charge in [0.15, 0.2) is 11.4 Å². The minimum Gasteiger partial charge on any atom is -0.505 e. The summed E-state index contributed by atoms with van der Waals surface area (Å²) in [7, 11) is 0. The molecule has 6 nitrogen and oxygen atoms in total. The van der Waals surface area contributed by atoms with Crippen molar-refractivity contribution in [1.82, 2.24) is 9.55 Å². The molecule has 2 heterocycles. The molecule has 4 aromatic rings. The molecule has 0 saturated heterocycles. The largest absolute Gasteiger partial charge is 0.505 e. The number of benzene rings is 2. The van der Waals surface area contributed by atoms with E-state index in [1.807, 2.05) is 60.7 Å². The van der Waals surface area contributed by atoms with Crippen molar-refractivity contribution >= 4 is 16.8 Å². The molecule has 4 rings (SSSR count). The quantitative estimate of drug-likeness (QED) is 0.576. The van der Waals surface area contributed by atoms with Gasteiger partial charge >= 0.3 is 0 Å². The molecule has 0 spiro atoms. The van der Waals surface area contributed by atoms with E-state index in [4.69, 9.17) is 5.73 Å². The van der Waals surface area contributed by atoms with Gasteiger partial charge in [-0.25, -0.2) is 4.98 Å². The minimum atomic E-state index is -0.832. The lowest BCUT2D eigenvalue weighted by atomic mass is 10.0. The second-order valence-corrected chi connectivity index (χ2v) is 6.42. The van der Waals surface area contributed by atoms with Crippen LogP contribution in [-0.4, -0.2) is 20.6 Å². The fourth-order valence-corrected chi connectivity index (χ4v) is 3.25. The van der Waals surface area contributed by atoms with Gasteiger partial charge in [-0.1, -0.05) is 60.7 Å². The highest BCUT2D eigenvalue weighted by atomic mass is 16.3. The molecule has 138 valence electrons. The van der Waals surface area contributed by atoms with Crippen molar-refractivity contribution in [2.24, 2.45) is 5.73 Å². The molecule has 2 aromatic carbocycles. The zero-order chi connectivity index (χ0) is 19.7. The molecular weight excluding hydrogens is 354 g/mol. The Morgan fingerprint density at radius 1 is 1.04 bits per heavy atom. The molecule has 0 aliphatic heterocycles. The highest BCUT2D eigenvalue weighted by Gasteiger charge is 2.18. The van der Waals surface area contributed by atoms with Gasteiger partial charge in [0.05, 0.1) is 18.3 Å². The van der Waals surface area contributed by atoms with E-state index < -0.39 is 5.91 Å². The standard InChI is InChI=1S/C22H17N3O3/c23-21(27)19-20(26)17-11-16(15-9-5-2-6-10-15)22(28)25(18(17)12-24-19)13-14-7-3-1-4-8-14/h1-12,26H,13H2,(H2,23,27). The number of hydrogen-bond acceptors (Lipinski definition) is 4. The van der Waals surface area contributed by atoms with Gasteiger partial charge in [0.1, 0.15) is 0 Å². The molecule has 3 N–H and O–H groups in total. The summed E-state index contributed by atoms with van der Waals surface area (Å²) in [5.74, 6) is -1.16. The Kier molecular flexibility index (Phi) is 4.37. The van der Waals surface area contributed by atoms with Crippen LogP contribution in [0.5, 0.6) is 5.75 Å². The van der Waals surface area contributed by atoms with Crippen LogP contribution in [0.4, 0.5) is 0 Å². The fraction of sp³-hybridized carbons (Fsp3) is 0.0455. The van der Waals surface area contributed by atoms with E-state index in [0.717, 1.165) is 5.56 Å². The predicted octanol–water partition coefficient (Wildman–Crippen LogP) is 2.92. The van der Waals surface area contributed by atoms with Gasteiger partial charge in [-0.3, -0.25) is 9.59 Å². The number of pyridine rings is 2. The van der Waals surface area contributed by atoms with Gasteiger partial charge < -0.3 is 15.4 Å². The molecule has 1 amide bonds. The van der Waals surface area contributed by atoms with Crippen molar-refractivity contribution in [3.63, 3.8) is 0 Å². The number of aromatic hydroxyl groups is 1. The summed E-state index contributed by atoms with van der Waals surface area (Å²) >= 11 is 0. The summed E-state index contributed by atoms with van der Waals surface area (Å²) in [6, 6.07) is 20.3. The van der Waals surface area contributed by atoms with Crippen molar-refractivity contribution in [2.75, 3.05) is 0 Å².